The lowest BCUT2D eigenvalue weighted by Crippen LogP contribution is -2.36. The minimum atomic E-state index is -0.138. The molecule has 8 rings (SSSR count). The first kappa shape index (κ1) is 37.4. The third-order valence-corrected chi connectivity index (χ3v) is 14.1. The predicted octanol–water partition coefficient (Wildman–Crippen LogP) is 8.02. The summed E-state index contributed by atoms with van der Waals surface area (Å²) in [6.45, 7) is 5.81. The summed E-state index contributed by atoms with van der Waals surface area (Å²) in [5.74, 6) is 2.20. The van der Waals surface area contributed by atoms with Gasteiger partial charge in [-0.15, -0.1) is 0 Å². The molecular formula is C46H56N4O2S2+2. The van der Waals surface area contributed by atoms with Crippen LogP contribution in [0, 0.1) is 0 Å². The van der Waals surface area contributed by atoms with E-state index in [2.05, 4.69) is 117 Å². The number of aryl methyl sites for hydroxylation is 4. The van der Waals surface area contributed by atoms with Crippen molar-refractivity contribution in [1.82, 2.24) is 0 Å². The number of piperidine rings is 2. The first-order chi connectivity index (χ1) is 26.5. The molecule has 2 fully saturated rings. The molecule has 0 radical (unpaired) electrons. The summed E-state index contributed by atoms with van der Waals surface area (Å²) in [5.41, 5.74) is 13.8. The molecule has 54 heavy (non-hydrogen) atoms. The molecule has 2 aliphatic heterocycles. The first-order valence-electron chi connectivity index (χ1n) is 20.3. The van der Waals surface area contributed by atoms with Crippen molar-refractivity contribution in [2.24, 2.45) is 0 Å². The molecular weight excluding hydrogens is 705 g/mol. The number of allylic oxidation sites excluding steroid dienone is 2. The lowest BCUT2D eigenvalue weighted by Gasteiger charge is -2.31. The number of anilines is 2. The van der Waals surface area contributed by atoms with Gasteiger partial charge in [-0.3, -0.25) is 0 Å². The summed E-state index contributed by atoms with van der Waals surface area (Å²) < 4.78 is 4.77. The summed E-state index contributed by atoms with van der Waals surface area (Å²) in [4.78, 5) is 4.78. The molecule has 0 spiro atoms. The van der Waals surface area contributed by atoms with Crippen molar-refractivity contribution in [3.05, 3.63) is 119 Å². The smallest absolute Gasteiger partial charge is 0.172 e. The van der Waals surface area contributed by atoms with Gasteiger partial charge in [0.2, 0.25) is 0 Å². The molecule has 4 aliphatic rings. The molecule has 282 valence electrons. The molecule has 0 atom stereocenters. The van der Waals surface area contributed by atoms with Crippen LogP contribution in [0.15, 0.2) is 85.5 Å². The van der Waals surface area contributed by atoms with Crippen LogP contribution in [0.4, 0.5) is 11.4 Å². The van der Waals surface area contributed by atoms with Gasteiger partial charge in [0.25, 0.3) is 0 Å². The number of pyridine rings is 2. The third-order valence-electron chi connectivity index (χ3n) is 11.8. The Bertz CT molecular complexity index is 1790. The normalized spacial score (nSPS) is 19.7. The largest absolute Gasteiger partial charge is 0.393 e. The van der Waals surface area contributed by atoms with Crippen LogP contribution in [0.2, 0.25) is 0 Å². The van der Waals surface area contributed by atoms with E-state index in [9.17, 15) is 10.2 Å². The Kier molecular flexibility index (Phi) is 12.4. The minimum absolute atomic E-state index is 0.138. The SMILES string of the molecule is OC1CCN(c2ccc(/C=C3\CCCc4c[n+](CCSSCC[n+]5ccc6c(c5)CCC/C6=C\c5ccc(N6CCC(O)CC6)cc5)ccc43)cc2)CC1. The fourth-order valence-corrected chi connectivity index (χ4v) is 10.6. The molecule has 0 unspecified atom stereocenters. The molecule has 6 nitrogen and oxygen atoms in total. The van der Waals surface area contributed by atoms with Crippen molar-refractivity contribution in [3.63, 3.8) is 0 Å². The second-order valence-electron chi connectivity index (χ2n) is 15.6. The van der Waals surface area contributed by atoms with Gasteiger partial charge in [0.05, 0.1) is 23.7 Å². The Morgan fingerprint density at radius 1 is 0.556 bits per heavy atom. The summed E-state index contributed by atoms with van der Waals surface area (Å²) in [7, 11) is 3.98. The van der Waals surface area contributed by atoms with Gasteiger partial charge in [-0.2, -0.15) is 0 Å². The van der Waals surface area contributed by atoms with E-state index in [4.69, 9.17) is 0 Å². The van der Waals surface area contributed by atoms with Gasteiger partial charge in [-0.05, 0) is 122 Å². The monoisotopic (exact) mass is 760 g/mol. The summed E-state index contributed by atoms with van der Waals surface area (Å²) in [6.07, 6.45) is 24.3. The Balaban J connectivity index is 0.793. The topological polar surface area (TPSA) is 54.7 Å². The van der Waals surface area contributed by atoms with Crippen molar-refractivity contribution >= 4 is 56.3 Å². The highest BCUT2D eigenvalue weighted by Crippen LogP contribution is 2.34. The maximum Gasteiger partial charge on any atom is 0.172 e. The Morgan fingerprint density at radius 2 is 0.963 bits per heavy atom. The quantitative estimate of drug-likeness (QED) is 0.0919. The van der Waals surface area contributed by atoms with Gasteiger partial charge < -0.3 is 20.0 Å². The lowest BCUT2D eigenvalue weighted by molar-refractivity contribution is -0.693. The zero-order valence-corrected chi connectivity index (χ0v) is 33.3. The van der Waals surface area contributed by atoms with Crippen molar-refractivity contribution < 1.29 is 19.3 Å². The molecule has 2 aliphatic carbocycles. The molecule has 4 heterocycles. The van der Waals surface area contributed by atoms with Gasteiger partial charge >= 0.3 is 0 Å². The number of nitrogens with zero attached hydrogens (tertiary/aromatic N) is 4. The number of rotatable bonds is 11. The lowest BCUT2D eigenvalue weighted by atomic mass is 9.87. The average molecular weight is 761 g/mol. The van der Waals surface area contributed by atoms with Gasteiger partial charge in [-0.1, -0.05) is 58.0 Å². The molecule has 2 aromatic heterocycles. The average Bonchev–Trinajstić information content (AvgIpc) is 3.20. The van der Waals surface area contributed by atoms with Crippen LogP contribution in [0.5, 0.6) is 0 Å². The van der Waals surface area contributed by atoms with E-state index in [1.165, 1.54) is 68.7 Å². The maximum absolute atomic E-state index is 9.85. The number of hydrogen-bond acceptors (Lipinski definition) is 6. The van der Waals surface area contributed by atoms with E-state index in [0.717, 1.165) is 102 Å². The third kappa shape index (κ3) is 9.44. The number of aromatic nitrogens is 2. The fraction of sp³-hybridized carbons (Fsp3) is 0.435. The molecule has 2 aromatic carbocycles. The zero-order valence-electron chi connectivity index (χ0n) is 31.6. The fourth-order valence-electron chi connectivity index (χ4n) is 8.61. The standard InChI is InChI=1S/C46H56N4O2S2/c51-43-15-23-49(24-16-43)41-11-7-35(8-12-41)31-37-3-1-5-39-33-47(21-19-45(37)39)27-29-53-54-30-28-48-22-20-46-38(4-2-6-40(46)34-48)32-36-9-13-42(14-10-36)50-25-17-44(52)18-26-50/h7-14,19-22,31-34,43-44,51-52H,1-6,15-18,23-30H2/q+2. The number of benzene rings is 2. The molecule has 0 saturated carbocycles. The predicted molar refractivity (Wildman–Crippen MR) is 228 cm³/mol. The molecule has 0 bridgehead atoms. The van der Waals surface area contributed by atoms with E-state index in [1.54, 1.807) is 0 Å². The van der Waals surface area contributed by atoms with Crippen molar-refractivity contribution in [3.8, 4) is 0 Å². The summed E-state index contributed by atoms with van der Waals surface area (Å²) in [6, 6.07) is 22.7. The summed E-state index contributed by atoms with van der Waals surface area (Å²) >= 11 is 0. The summed E-state index contributed by atoms with van der Waals surface area (Å²) in [5, 5.41) is 19.7. The number of aliphatic hydroxyl groups is 2. The number of aliphatic hydroxyl groups excluding tert-OH is 2. The molecule has 2 saturated heterocycles. The first-order valence-corrected chi connectivity index (χ1v) is 22.8. The molecule has 2 N–H and O–H groups in total. The van der Waals surface area contributed by atoms with Crippen molar-refractivity contribution in [1.29, 1.82) is 0 Å². The maximum atomic E-state index is 9.85. The van der Waals surface area contributed by atoms with E-state index in [-0.39, 0.29) is 12.2 Å². The number of fused-ring (bicyclic) bond motifs is 2. The zero-order chi connectivity index (χ0) is 36.7. The van der Waals surface area contributed by atoms with E-state index >= 15 is 0 Å². The Morgan fingerprint density at radius 3 is 1.37 bits per heavy atom. The van der Waals surface area contributed by atoms with Crippen LogP contribution in [0.25, 0.3) is 23.3 Å². The van der Waals surface area contributed by atoms with Crippen LogP contribution in [-0.4, -0.2) is 60.1 Å². The van der Waals surface area contributed by atoms with Crippen LogP contribution in [-0.2, 0) is 25.9 Å². The second kappa shape index (κ2) is 17.9. The number of hydrogen-bond donors (Lipinski definition) is 2. The molecule has 0 amide bonds. The Hall–Kier alpha value is -3.56. The van der Waals surface area contributed by atoms with Gasteiger partial charge in [0.1, 0.15) is 0 Å². The second-order valence-corrected chi connectivity index (χ2v) is 18.3. The van der Waals surface area contributed by atoms with Crippen molar-refractivity contribution in [2.45, 2.75) is 89.5 Å². The van der Waals surface area contributed by atoms with Crippen LogP contribution < -0.4 is 18.9 Å². The van der Waals surface area contributed by atoms with Crippen LogP contribution in [0.1, 0.15) is 84.7 Å². The van der Waals surface area contributed by atoms with Gasteiger partial charge in [0.15, 0.2) is 37.9 Å². The highest BCUT2D eigenvalue weighted by molar-refractivity contribution is 8.76. The van der Waals surface area contributed by atoms with E-state index in [1.807, 2.05) is 21.6 Å². The van der Waals surface area contributed by atoms with Gasteiger partial charge in [0, 0.05) is 60.8 Å². The molecule has 8 heteroatoms. The Labute approximate surface area is 330 Å². The van der Waals surface area contributed by atoms with E-state index < -0.39 is 0 Å². The van der Waals surface area contributed by atoms with Crippen LogP contribution in [0.3, 0.4) is 0 Å². The molecule has 4 aromatic rings. The van der Waals surface area contributed by atoms with Crippen molar-refractivity contribution in [2.75, 3.05) is 47.5 Å². The van der Waals surface area contributed by atoms with Crippen LogP contribution >= 0.6 is 21.6 Å². The highest BCUT2D eigenvalue weighted by atomic mass is 33.1. The minimum Gasteiger partial charge on any atom is -0.393 e. The van der Waals surface area contributed by atoms with E-state index in [0.29, 0.717) is 0 Å². The highest BCUT2D eigenvalue weighted by Gasteiger charge is 2.21. The van der Waals surface area contributed by atoms with Gasteiger partial charge in [-0.25, -0.2) is 9.13 Å².